The first-order chi connectivity index (χ1) is 12.8. The molecule has 3 aromatic rings. The lowest BCUT2D eigenvalue weighted by atomic mass is 10.2. The molecule has 0 aliphatic rings. The van der Waals surface area contributed by atoms with Gasteiger partial charge in [0.2, 0.25) is 0 Å². The molecule has 0 radical (unpaired) electrons. The van der Waals surface area contributed by atoms with E-state index in [2.05, 4.69) is 12.1 Å². The number of nitrogens with zero attached hydrogens (tertiary/aromatic N) is 2. The predicted molar refractivity (Wildman–Crippen MR) is 106 cm³/mol. The number of hydrogen-bond donors (Lipinski definition) is 0. The van der Waals surface area contributed by atoms with Crippen molar-refractivity contribution >= 4 is 11.9 Å². The van der Waals surface area contributed by atoms with Gasteiger partial charge >= 0.3 is 0 Å². The number of para-hydroxylation sites is 1. The molecule has 0 saturated heterocycles. The minimum Gasteiger partial charge on any atom is -0.497 e. The Morgan fingerprint density at radius 3 is 1.96 bits per heavy atom. The zero-order valence-corrected chi connectivity index (χ0v) is 15.0. The summed E-state index contributed by atoms with van der Waals surface area (Å²) in [6, 6.07) is 26.1. The molecule has 3 aromatic carbocycles. The summed E-state index contributed by atoms with van der Waals surface area (Å²) >= 11 is 0. The molecule has 0 fully saturated rings. The van der Waals surface area contributed by atoms with Gasteiger partial charge in [-0.1, -0.05) is 48.5 Å². The number of methoxy groups -OCH3 is 2. The van der Waals surface area contributed by atoms with E-state index in [1.165, 1.54) is 5.56 Å². The molecule has 0 aromatic heterocycles. The van der Waals surface area contributed by atoms with Gasteiger partial charge in [-0.05, 0) is 29.8 Å². The van der Waals surface area contributed by atoms with Gasteiger partial charge in [-0.15, -0.1) is 0 Å². The Balaban J connectivity index is 1.89. The molecule has 0 saturated carbocycles. The maximum Gasteiger partial charge on any atom is 0.123 e. The van der Waals surface area contributed by atoms with Crippen molar-refractivity contribution in [3.05, 3.63) is 90.0 Å². The second-order valence-electron chi connectivity index (χ2n) is 5.77. The van der Waals surface area contributed by atoms with Crippen LogP contribution in [0.3, 0.4) is 0 Å². The van der Waals surface area contributed by atoms with Gasteiger partial charge < -0.3 is 9.47 Å². The number of anilines is 1. The Morgan fingerprint density at radius 1 is 0.808 bits per heavy atom. The van der Waals surface area contributed by atoms with Crippen LogP contribution in [0, 0.1) is 0 Å². The summed E-state index contributed by atoms with van der Waals surface area (Å²) < 4.78 is 10.7. The molecule has 3 rings (SSSR count). The molecule has 0 atom stereocenters. The molecule has 0 N–H and O–H groups in total. The maximum absolute atomic E-state index is 5.33. The first-order valence-corrected chi connectivity index (χ1v) is 8.42. The molecule has 0 bridgehead atoms. The van der Waals surface area contributed by atoms with Crippen LogP contribution in [0.4, 0.5) is 5.69 Å². The summed E-state index contributed by atoms with van der Waals surface area (Å²) in [6.45, 7) is 0.683. The summed E-state index contributed by atoms with van der Waals surface area (Å²) in [7, 11) is 3.28. The van der Waals surface area contributed by atoms with E-state index in [0.717, 1.165) is 22.7 Å². The van der Waals surface area contributed by atoms with E-state index in [-0.39, 0.29) is 0 Å². The summed E-state index contributed by atoms with van der Waals surface area (Å²) in [4.78, 5) is 0. The van der Waals surface area contributed by atoms with Gasteiger partial charge in [-0.25, -0.2) is 0 Å². The van der Waals surface area contributed by atoms with Crippen LogP contribution in [0.2, 0.25) is 0 Å². The summed E-state index contributed by atoms with van der Waals surface area (Å²) in [6.07, 6.45) is 1.82. The molecular weight excluding hydrogens is 324 g/mol. The van der Waals surface area contributed by atoms with Gasteiger partial charge in [0.1, 0.15) is 11.5 Å². The van der Waals surface area contributed by atoms with E-state index in [0.29, 0.717) is 6.54 Å². The van der Waals surface area contributed by atoms with Crippen molar-refractivity contribution in [2.45, 2.75) is 6.54 Å². The first kappa shape index (κ1) is 17.5. The normalized spacial score (nSPS) is 10.7. The van der Waals surface area contributed by atoms with Crippen LogP contribution in [0.15, 0.2) is 84.0 Å². The molecule has 0 heterocycles. The van der Waals surface area contributed by atoms with E-state index in [1.54, 1.807) is 14.2 Å². The van der Waals surface area contributed by atoms with Crippen LogP contribution in [0.5, 0.6) is 11.5 Å². The van der Waals surface area contributed by atoms with Crippen LogP contribution in [-0.4, -0.2) is 20.4 Å². The molecular formula is C22H22N2O2. The number of hydrazone groups is 1. The van der Waals surface area contributed by atoms with Crippen molar-refractivity contribution in [1.82, 2.24) is 0 Å². The van der Waals surface area contributed by atoms with E-state index in [4.69, 9.17) is 14.6 Å². The highest BCUT2D eigenvalue weighted by atomic mass is 16.5. The summed E-state index contributed by atoms with van der Waals surface area (Å²) in [5.41, 5.74) is 3.13. The standard InChI is InChI=1S/C22H22N2O2/c1-25-21-13-19(14-22(15-21)26-2)16-23-24(20-11-7-4-8-12-20)17-18-9-5-3-6-10-18/h3-16H,17H2,1-2H3. The fourth-order valence-electron chi connectivity index (χ4n) is 2.60. The summed E-state index contributed by atoms with van der Waals surface area (Å²) in [5.74, 6) is 1.47. The Kier molecular flexibility index (Phi) is 5.88. The molecule has 0 unspecified atom stereocenters. The van der Waals surface area contributed by atoms with Crippen molar-refractivity contribution < 1.29 is 9.47 Å². The van der Waals surface area contributed by atoms with Gasteiger partial charge in [-0.3, -0.25) is 5.01 Å². The van der Waals surface area contributed by atoms with Gasteiger partial charge in [0.15, 0.2) is 0 Å². The summed E-state index contributed by atoms with van der Waals surface area (Å²) in [5, 5.41) is 6.68. The molecule has 26 heavy (non-hydrogen) atoms. The molecule has 4 heteroatoms. The van der Waals surface area contributed by atoms with Crippen molar-refractivity contribution in [3.63, 3.8) is 0 Å². The molecule has 0 aliphatic carbocycles. The molecule has 4 nitrogen and oxygen atoms in total. The topological polar surface area (TPSA) is 34.1 Å². The van der Waals surface area contributed by atoms with Gasteiger partial charge in [0.25, 0.3) is 0 Å². The first-order valence-electron chi connectivity index (χ1n) is 8.42. The van der Waals surface area contributed by atoms with E-state index in [1.807, 2.05) is 78.0 Å². The van der Waals surface area contributed by atoms with Crippen LogP contribution in [0.1, 0.15) is 11.1 Å². The highest BCUT2D eigenvalue weighted by Gasteiger charge is 2.06. The highest BCUT2D eigenvalue weighted by Crippen LogP contribution is 2.22. The molecule has 0 amide bonds. The Labute approximate surface area is 154 Å². The zero-order chi connectivity index (χ0) is 18.2. The number of rotatable bonds is 7. The third-order valence-corrected chi connectivity index (χ3v) is 3.95. The SMILES string of the molecule is COc1cc(C=NN(Cc2ccccc2)c2ccccc2)cc(OC)c1. The van der Waals surface area contributed by atoms with E-state index in [9.17, 15) is 0 Å². The smallest absolute Gasteiger partial charge is 0.123 e. The molecule has 0 aliphatic heterocycles. The van der Waals surface area contributed by atoms with Crippen LogP contribution in [-0.2, 0) is 6.54 Å². The Morgan fingerprint density at radius 2 is 1.38 bits per heavy atom. The fraction of sp³-hybridized carbons (Fsp3) is 0.136. The van der Waals surface area contributed by atoms with Gasteiger partial charge in [0.05, 0.1) is 32.7 Å². The lowest BCUT2D eigenvalue weighted by Gasteiger charge is -2.19. The zero-order valence-electron chi connectivity index (χ0n) is 15.0. The van der Waals surface area contributed by atoms with Crippen LogP contribution >= 0.6 is 0 Å². The lowest BCUT2D eigenvalue weighted by molar-refractivity contribution is 0.394. The van der Waals surface area contributed by atoms with Crippen molar-refractivity contribution in [1.29, 1.82) is 0 Å². The molecule has 0 spiro atoms. The second-order valence-corrected chi connectivity index (χ2v) is 5.77. The minimum atomic E-state index is 0.683. The number of hydrogen-bond acceptors (Lipinski definition) is 4. The highest BCUT2D eigenvalue weighted by molar-refractivity contribution is 5.82. The number of ether oxygens (including phenoxy) is 2. The second kappa shape index (κ2) is 8.72. The maximum atomic E-state index is 5.33. The van der Waals surface area contributed by atoms with Crippen LogP contribution in [0.25, 0.3) is 0 Å². The van der Waals surface area contributed by atoms with Crippen molar-refractivity contribution in [3.8, 4) is 11.5 Å². The Hall–Kier alpha value is -3.27. The third kappa shape index (κ3) is 4.63. The monoisotopic (exact) mass is 346 g/mol. The van der Waals surface area contributed by atoms with Crippen LogP contribution < -0.4 is 14.5 Å². The molecule has 132 valence electrons. The van der Waals surface area contributed by atoms with Crippen molar-refractivity contribution in [2.75, 3.05) is 19.2 Å². The average molecular weight is 346 g/mol. The fourth-order valence-corrected chi connectivity index (χ4v) is 2.60. The van der Waals surface area contributed by atoms with E-state index < -0.39 is 0 Å². The average Bonchev–Trinajstić information content (AvgIpc) is 2.72. The number of benzene rings is 3. The minimum absolute atomic E-state index is 0.683. The largest absolute Gasteiger partial charge is 0.497 e. The van der Waals surface area contributed by atoms with E-state index >= 15 is 0 Å². The quantitative estimate of drug-likeness (QED) is 0.457. The van der Waals surface area contributed by atoms with Gasteiger partial charge in [-0.2, -0.15) is 5.10 Å². The van der Waals surface area contributed by atoms with Crippen molar-refractivity contribution in [2.24, 2.45) is 5.10 Å². The van der Waals surface area contributed by atoms with Gasteiger partial charge in [0, 0.05) is 11.6 Å². The third-order valence-electron chi connectivity index (χ3n) is 3.95. The Bertz CT molecular complexity index is 826. The predicted octanol–water partition coefficient (Wildman–Crippen LogP) is 4.74. The lowest BCUT2D eigenvalue weighted by Crippen LogP contribution is -2.16.